The van der Waals surface area contributed by atoms with Crippen LogP contribution in [0.3, 0.4) is 0 Å². The molecule has 3 amide bonds. The molecule has 44 heavy (non-hydrogen) atoms. The first-order valence-corrected chi connectivity index (χ1v) is 15.6. The second-order valence-electron chi connectivity index (χ2n) is 12.1. The van der Waals surface area contributed by atoms with Crippen LogP contribution < -0.4 is 9.64 Å². The van der Waals surface area contributed by atoms with Crippen molar-refractivity contribution in [3.8, 4) is 5.75 Å². The van der Waals surface area contributed by atoms with Crippen molar-refractivity contribution in [2.75, 3.05) is 38.3 Å². The number of anilines is 1. The Morgan fingerprint density at radius 1 is 0.932 bits per heavy atom. The molecule has 0 aromatic heterocycles. The van der Waals surface area contributed by atoms with Crippen molar-refractivity contribution >= 4 is 23.4 Å². The zero-order valence-corrected chi connectivity index (χ0v) is 25.6. The van der Waals surface area contributed by atoms with Crippen LogP contribution in [0, 0.1) is 11.8 Å². The molecule has 0 aliphatic carbocycles. The minimum absolute atomic E-state index is 0.129. The lowest BCUT2D eigenvalue weighted by Gasteiger charge is -2.41. The van der Waals surface area contributed by atoms with Crippen molar-refractivity contribution in [2.24, 2.45) is 11.8 Å². The van der Waals surface area contributed by atoms with Crippen molar-refractivity contribution in [3.63, 3.8) is 0 Å². The third-order valence-electron chi connectivity index (χ3n) is 9.76. The highest BCUT2D eigenvalue weighted by atomic mass is 16.5. The van der Waals surface area contributed by atoms with E-state index in [1.807, 2.05) is 80.6 Å². The zero-order chi connectivity index (χ0) is 31.1. The summed E-state index contributed by atoms with van der Waals surface area (Å²) in [4.78, 5) is 49.1. The van der Waals surface area contributed by atoms with Crippen molar-refractivity contribution < 1.29 is 29.0 Å². The number of methoxy groups -OCH3 is 1. The molecular formula is C35H41N3O6. The lowest BCUT2D eigenvalue weighted by Crippen LogP contribution is -2.59. The highest BCUT2D eigenvalue weighted by molar-refractivity contribution is 6.06. The van der Waals surface area contributed by atoms with Crippen LogP contribution in [-0.4, -0.2) is 89.3 Å². The summed E-state index contributed by atoms with van der Waals surface area (Å²) in [5.74, 6) is -1.85. The van der Waals surface area contributed by atoms with Crippen LogP contribution in [0.4, 0.5) is 5.69 Å². The maximum Gasteiger partial charge on any atom is 0.253 e. The molecule has 1 N–H and O–H groups in total. The Kier molecular flexibility index (Phi) is 8.11. The standard InChI is InChI=1S/C35H41N3O6/c1-4-19-36-20-9-17-34(5-2)28(31(36)40)29-32(41)38(26(23-39)22-24-11-7-6-8-12-24)30-33(42)37(21-10-18-35(29,30)44-34)25-13-15-27(43-3)16-14-25/h6-18,26,28-30,39H,4-5,19-23H2,1-3H3/t26-,28+,29+,30?,34-,35+/m1/s1. The van der Waals surface area contributed by atoms with Crippen LogP contribution in [0.5, 0.6) is 5.75 Å². The van der Waals surface area contributed by atoms with Crippen LogP contribution in [0.2, 0.25) is 0 Å². The predicted octanol–water partition coefficient (Wildman–Crippen LogP) is 3.37. The van der Waals surface area contributed by atoms with Gasteiger partial charge in [0.1, 0.15) is 17.4 Å². The fraction of sp³-hybridized carbons (Fsp3) is 0.457. The second kappa shape index (κ2) is 11.9. The normalized spacial score (nSPS) is 30.1. The van der Waals surface area contributed by atoms with Crippen LogP contribution in [-0.2, 0) is 25.5 Å². The summed E-state index contributed by atoms with van der Waals surface area (Å²) in [5, 5.41) is 10.8. The van der Waals surface area contributed by atoms with Gasteiger partial charge in [-0.15, -0.1) is 0 Å². The summed E-state index contributed by atoms with van der Waals surface area (Å²) in [7, 11) is 1.59. The third kappa shape index (κ3) is 4.64. The average molecular weight is 600 g/mol. The largest absolute Gasteiger partial charge is 0.497 e. The van der Waals surface area contributed by atoms with Gasteiger partial charge in [0.05, 0.1) is 37.2 Å². The maximum atomic E-state index is 14.9. The number of aliphatic hydroxyl groups is 1. The van der Waals surface area contributed by atoms with Gasteiger partial charge in [0.25, 0.3) is 5.91 Å². The number of rotatable bonds is 9. The first-order valence-electron chi connectivity index (χ1n) is 15.6. The lowest BCUT2D eigenvalue weighted by atomic mass is 9.73. The summed E-state index contributed by atoms with van der Waals surface area (Å²) in [6.45, 7) is 4.91. The Morgan fingerprint density at radius 2 is 1.66 bits per heavy atom. The minimum Gasteiger partial charge on any atom is -0.497 e. The molecule has 4 aliphatic rings. The minimum atomic E-state index is -1.39. The number of aliphatic hydroxyl groups excluding tert-OH is 1. The number of hydrogen-bond donors (Lipinski definition) is 1. The van der Waals surface area contributed by atoms with E-state index in [1.54, 1.807) is 29.0 Å². The predicted molar refractivity (Wildman–Crippen MR) is 166 cm³/mol. The summed E-state index contributed by atoms with van der Waals surface area (Å²) in [5.41, 5.74) is -0.854. The number of fused-ring (bicyclic) bond motifs is 2. The first kappa shape index (κ1) is 30.1. The number of benzene rings is 2. The monoisotopic (exact) mass is 599 g/mol. The Hall–Kier alpha value is -3.95. The molecule has 2 aromatic carbocycles. The molecule has 0 radical (unpaired) electrons. The lowest BCUT2D eigenvalue weighted by molar-refractivity contribution is -0.152. The molecule has 232 valence electrons. The number of carbonyl (C=O) groups excluding carboxylic acids is 3. The van der Waals surface area contributed by atoms with Crippen molar-refractivity contribution in [1.29, 1.82) is 0 Å². The molecule has 2 fully saturated rings. The van der Waals surface area contributed by atoms with Crippen molar-refractivity contribution in [2.45, 2.75) is 56.4 Å². The number of likely N-dealkylation sites (tertiary alicyclic amines) is 1. The Morgan fingerprint density at radius 3 is 2.32 bits per heavy atom. The number of carbonyl (C=O) groups is 3. The molecule has 0 bridgehead atoms. The second-order valence-corrected chi connectivity index (χ2v) is 12.1. The molecule has 9 heteroatoms. The van der Waals surface area contributed by atoms with E-state index in [2.05, 4.69) is 0 Å². The molecule has 9 nitrogen and oxygen atoms in total. The summed E-state index contributed by atoms with van der Waals surface area (Å²) in [6.07, 6.45) is 9.25. The maximum absolute atomic E-state index is 14.9. The van der Waals surface area contributed by atoms with Gasteiger partial charge in [-0.1, -0.05) is 68.5 Å². The van der Waals surface area contributed by atoms with Gasteiger partial charge in [-0.05, 0) is 49.1 Å². The van der Waals surface area contributed by atoms with Gasteiger partial charge in [0.2, 0.25) is 11.8 Å². The van der Waals surface area contributed by atoms with Crippen LogP contribution in [0.15, 0.2) is 78.9 Å². The van der Waals surface area contributed by atoms with E-state index in [-0.39, 0.29) is 30.9 Å². The van der Waals surface area contributed by atoms with Crippen LogP contribution >= 0.6 is 0 Å². The van der Waals surface area contributed by atoms with Gasteiger partial charge in [0.15, 0.2) is 0 Å². The Bertz CT molecular complexity index is 1460. The topological polar surface area (TPSA) is 99.6 Å². The first-order chi connectivity index (χ1) is 21.3. The van der Waals surface area contributed by atoms with E-state index < -0.39 is 35.1 Å². The van der Waals surface area contributed by atoms with Gasteiger partial charge in [-0.3, -0.25) is 14.4 Å². The molecule has 0 saturated carbocycles. The number of ether oxygens (including phenoxy) is 2. The molecule has 4 heterocycles. The molecule has 4 aliphatic heterocycles. The summed E-state index contributed by atoms with van der Waals surface area (Å²) >= 11 is 0. The molecule has 6 atom stereocenters. The molecule has 1 unspecified atom stereocenters. The SMILES string of the molecule is CCCN1CC=C[C@@]2(CC)O[C@]34C=CCN(c5ccc(OC)cc5)C(=O)C3N([C@@H](CO)Cc3ccccc3)C(=O)[C@@H]4[C@H]2C1=O. The number of hydrogen-bond acceptors (Lipinski definition) is 6. The van der Waals surface area contributed by atoms with E-state index >= 15 is 0 Å². The summed E-state index contributed by atoms with van der Waals surface area (Å²) in [6, 6.07) is 15.1. The molecule has 6 rings (SSSR count). The highest BCUT2D eigenvalue weighted by Gasteiger charge is 2.76. The van der Waals surface area contributed by atoms with Gasteiger partial charge in [-0.25, -0.2) is 0 Å². The Balaban J connectivity index is 1.50. The van der Waals surface area contributed by atoms with Crippen LogP contribution in [0.25, 0.3) is 0 Å². The number of nitrogens with zero attached hydrogens (tertiary/aromatic N) is 3. The van der Waals surface area contributed by atoms with E-state index in [4.69, 9.17) is 9.47 Å². The van der Waals surface area contributed by atoms with Gasteiger partial charge < -0.3 is 29.3 Å². The Labute approximate surface area is 258 Å². The van der Waals surface area contributed by atoms with Gasteiger partial charge in [-0.2, -0.15) is 0 Å². The third-order valence-corrected chi connectivity index (χ3v) is 9.76. The molecule has 2 saturated heterocycles. The van der Waals surface area contributed by atoms with Crippen molar-refractivity contribution in [3.05, 3.63) is 84.5 Å². The zero-order valence-electron chi connectivity index (χ0n) is 25.6. The smallest absolute Gasteiger partial charge is 0.253 e. The quantitative estimate of drug-likeness (QED) is 0.444. The van der Waals surface area contributed by atoms with Gasteiger partial charge >= 0.3 is 0 Å². The fourth-order valence-electron chi connectivity index (χ4n) is 7.75. The molecule has 1 spiro atoms. The van der Waals surface area contributed by atoms with E-state index in [9.17, 15) is 19.5 Å². The van der Waals surface area contributed by atoms with E-state index in [0.29, 0.717) is 37.4 Å². The highest BCUT2D eigenvalue weighted by Crippen LogP contribution is 2.59. The van der Waals surface area contributed by atoms with E-state index in [0.717, 1.165) is 12.0 Å². The average Bonchev–Trinajstić information content (AvgIpc) is 3.35. The van der Waals surface area contributed by atoms with E-state index in [1.165, 1.54) is 4.90 Å². The molecule has 2 aromatic rings. The van der Waals surface area contributed by atoms with Crippen LogP contribution in [0.1, 0.15) is 32.3 Å². The van der Waals surface area contributed by atoms with Crippen molar-refractivity contribution in [1.82, 2.24) is 9.80 Å². The summed E-state index contributed by atoms with van der Waals surface area (Å²) < 4.78 is 12.4. The molecular weight excluding hydrogens is 558 g/mol. The fourth-order valence-corrected chi connectivity index (χ4v) is 7.75. The van der Waals surface area contributed by atoms with Gasteiger partial charge in [0, 0.05) is 25.3 Å². The number of amides is 3.